The fraction of sp³-hybridized carbons (Fsp3) is 0.208. The largest absolute Gasteiger partial charge is 0.497 e. The first-order valence-electron chi connectivity index (χ1n) is 10.7. The van der Waals surface area contributed by atoms with E-state index in [0.717, 1.165) is 11.8 Å². The average molecular weight is 511 g/mol. The van der Waals surface area contributed by atoms with Gasteiger partial charge in [0.05, 0.1) is 43.7 Å². The Morgan fingerprint density at radius 3 is 2.53 bits per heavy atom. The molecule has 186 valence electrons. The number of carbonyl (C=O) groups is 2. The lowest BCUT2D eigenvalue weighted by Crippen LogP contribution is -2.33. The van der Waals surface area contributed by atoms with Gasteiger partial charge in [-0.15, -0.1) is 0 Å². The second-order valence-corrected chi connectivity index (χ2v) is 8.77. The van der Waals surface area contributed by atoms with E-state index in [1.165, 1.54) is 36.5 Å². The van der Waals surface area contributed by atoms with Crippen molar-refractivity contribution in [3.05, 3.63) is 76.7 Å². The van der Waals surface area contributed by atoms with Crippen LogP contribution < -0.4 is 14.8 Å². The van der Waals surface area contributed by atoms with Gasteiger partial charge in [-0.1, -0.05) is 11.8 Å². The molecule has 11 nitrogen and oxygen atoms in total. The number of nitro groups is 1. The van der Waals surface area contributed by atoms with Gasteiger partial charge in [0, 0.05) is 6.42 Å². The highest BCUT2D eigenvalue weighted by Gasteiger charge is 2.39. The van der Waals surface area contributed by atoms with Crippen LogP contribution in [0.5, 0.6) is 11.5 Å². The van der Waals surface area contributed by atoms with Gasteiger partial charge < -0.3 is 19.2 Å². The fourth-order valence-electron chi connectivity index (χ4n) is 3.46. The molecule has 1 saturated heterocycles. The van der Waals surface area contributed by atoms with Gasteiger partial charge in [-0.2, -0.15) is 0 Å². The van der Waals surface area contributed by atoms with Crippen LogP contribution in [0.2, 0.25) is 0 Å². The highest BCUT2D eigenvalue weighted by molar-refractivity contribution is 8.15. The Bertz CT molecular complexity index is 1290. The molecule has 0 bridgehead atoms. The molecule has 1 fully saturated rings. The number of amidine groups is 1. The monoisotopic (exact) mass is 510 g/mol. The van der Waals surface area contributed by atoms with Crippen molar-refractivity contribution in [1.82, 2.24) is 4.90 Å². The summed E-state index contributed by atoms with van der Waals surface area (Å²) in [5.74, 6) is 0.657. The lowest BCUT2D eigenvalue weighted by atomic mass is 10.2. The number of thioether (sulfide) groups is 1. The number of benzene rings is 2. The van der Waals surface area contributed by atoms with Gasteiger partial charge in [-0.3, -0.25) is 24.6 Å². The van der Waals surface area contributed by atoms with Crippen molar-refractivity contribution in [3.8, 4) is 11.5 Å². The van der Waals surface area contributed by atoms with Crippen molar-refractivity contribution >= 4 is 45.8 Å². The predicted molar refractivity (Wildman–Crippen MR) is 134 cm³/mol. The van der Waals surface area contributed by atoms with E-state index in [4.69, 9.17) is 13.9 Å². The summed E-state index contributed by atoms with van der Waals surface area (Å²) in [6.45, 7) is 0.149. The average Bonchev–Trinajstić information content (AvgIpc) is 3.49. The summed E-state index contributed by atoms with van der Waals surface area (Å²) in [6.07, 6.45) is 1.30. The van der Waals surface area contributed by atoms with Crippen LogP contribution in [0.3, 0.4) is 0 Å². The lowest BCUT2D eigenvalue weighted by molar-refractivity contribution is -0.384. The molecule has 1 aliphatic heterocycles. The van der Waals surface area contributed by atoms with Crippen LogP contribution in [-0.4, -0.2) is 46.3 Å². The zero-order valence-corrected chi connectivity index (χ0v) is 20.2. The lowest BCUT2D eigenvalue weighted by Gasteiger charge is -2.15. The van der Waals surface area contributed by atoms with Gasteiger partial charge in [0.1, 0.15) is 28.2 Å². The van der Waals surface area contributed by atoms with E-state index in [1.807, 2.05) is 0 Å². The molecular weight excluding hydrogens is 488 g/mol. The van der Waals surface area contributed by atoms with Crippen LogP contribution in [0.4, 0.5) is 17.1 Å². The van der Waals surface area contributed by atoms with Gasteiger partial charge in [-0.25, -0.2) is 4.99 Å². The number of nitrogens with zero attached hydrogens (tertiary/aromatic N) is 3. The first-order valence-corrected chi connectivity index (χ1v) is 11.6. The normalized spacial score (nSPS) is 16.3. The topological polar surface area (TPSA) is 137 Å². The number of anilines is 1. The molecule has 0 aliphatic carbocycles. The molecule has 12 heteroatoms. The standard InChI is InChI=1S/C24H22N4O7S/c1-33-16-7-5-15(6-8-16)25-24-27(14-18-4-3-11-35-18)23(30)21(36-24)13-22(29)26-19-10-9-17(34-2)12-20(19)28(31)32/h3-12,21H,13-14H2,1-2H3,(H,26,29)/t21-/m1/s1. The maximum Gasteiger partial charge on any atom is 0.296 e. The van der Waals surface area contributed by atoms with Crippen molar-refractivity contribution in [2.24, 2.45) is 4.99 Å². The molecule has 36 heavy (non-hydrogen) atoms. The Morgan fingerprint density at radius 1 is 1.17 bits per heavy atom. The number of furan rings is 1. The maximum absolute atomic E-state index is 13.2. The Balaban J connectivity index is 1.53. The molecule has 1 atom stereocenters. The third-order valence-corrected chi connectivity index (χ3v) is 6.43. The molecule has 0 radical (unpaired) electrons. The van der Waals surface area contributed by atoms with E-state index in [9.17, 15) is 19.7 Å². The zero-order chi connectivity index (χ0) is 25.7. The summed E-state index contributed by atoms with van der Waals surface area (Å²) in [6, 6.07) is 14.6. The number of ether oxygens (including phenoxy) is 2. The van der Waals surface area contributed by atoms with E-state index in [-0.39, 0.29) is 36.0 Å². The summed E-state index contributed by atoms with van der Waals surface area (Å²) in [4.78, 5) is 42.9. The Morgan fingerprint density at radius 2 is 1.89 bits per heavy atom. The Kier molecular flexibility index (Phi) is 7.54. The van der Waals surface area contributed by atoms with Crippen LogP contribution >= 0.6 is 11.8 Å². The van der Waals surface area contributed by atoms with Crippen LogP contribution in [0, 0.1) is 10.1 Å². The molecule has 2 aromatic carbocycles. The second kappa shape index (κ2) is 11.0. The van der Waals surface area contributed by atoms with Crippen LogP contribution in [0.25, 0.3) is 0 Å². The fourth-order valence-corrected chi connectivity index (χ4v) is 4.62. The minimum Gasteiger partial charge on any atom is -0.497 e. The SMILES string of the molecule is COc1ccc(N=C2S[C@H](CC(=O)Nc3ccc(OC)cc3[N+](=O)[O-])C(=O)N2Cc2ccco2)cc1. The number of aliphatic imine (C=N–C) groups is 1. The summed E-state index contributed by atoms with van der Waals surface area (Å²) in [7, 11) is 2.95. The molecular formula is C24H22N4O7S. The van der Waals surface area contributed by atoms with Gasteiger partial charge >= 0.3 is 0 Å². The third-order valence-electron chi connectivity index (χ3n) is 5.26. The van der Waals surface area contributed by atoms with Crippen molar-refractivity contribution < 1.29 is 28.4 Å². The number of nitro benzene ring substituents is 1. The Hall–Kier alpha value is -4.32. The summed E-state index contributed by atoms with van der Waals surface area (Å²) in [5.41, 5.74) is 0.310. The second-order valence-electron chi connectivity index (χ2n) is 7.60. The molecule has 0 saturated carbocycles. The van der Waals surface area contributed by atoms with Gasteiger partial charge in [0.15, 0.2) is 5.17 Å². The molecule has 0 unspecified atom stereocenters. The Labute approximate surface area is 210 Å². The predicted octanol–water partition coefficient (Wildman–Crippen LogP) is 4.37. The number of hydrogen-bond acceptors (Lipinski definition) is 9. The molecule has 3 aromatic rings. The van der Waals surface area contributed by atoms with Gasteiger partial charge in [0.25, 0.3) is 5.69 Å². The zero-order valence-electron chi connectivity index (χ0n) is 19.4. The number of nitrogens with one attached hydrogen (secondary N) is 1. The molecule has 1 N–H and O–H groups in total. The minimum atomic E-state index is -0.769. The van der Waals surface area contributed by atoms with E-state index < -0.39 is 16.1 Å². The van der Waals surface area contributed by atoms with Gasteiger partial charge in [0.2, 0.25) is 11.8 Å². The molecule has 2 heterocycles. The summed E-state index contributed by atoms with van der Waals surface area (Å²) < 4.78 is 15.6. The number of rotatable bonds is 9. The molecule has 0 spiro atoms. The van der Waals surface area contributed by atoms with Crippen molar-refractivity contribution in [1.29, 1.82) is 0 Å². The highest BCUT2D eigenvalue weighted by atomic mass is 32.2. The molecule has 2 amide bonds. The van der Waals surface area contributed by atoms with Gasteiger partial charge in [-0.05, 0) is 48.5 Å². The van der Waals surface area contributed by atoms with E-state index in [0.29, 0.717) is 22.4 Å². The molecule has 4 rings (SSSR count). The maximum atomic E-state index is 13.2. The minimum absolute atomic E-state index is 0.0146. The van der Waals surface area contributed by atoms with E-state index >= 15 is 0 Å². The quantitative estimate of drug-likeness (QED) is 0.331. The highest BCUT2D eigenvalue weighted by Crippen LogP contribution is 2.34. The number of carbonyl (C=O) groups excluding carboxylic acids is 2. The number of amides is 2. The number of hydrogen-bond donors (Lipinski definition) is 1. The van der Waals surface area contributed by atoms with Crippen molar-refractivity contribution in [3.63, 3.8) is 0 Å². The van der Waals surface area contributed by atoms with Crippen molar-refractivity contribution in [2.45, 2.75) is 18.2 Å². The van der Waals surface area contributed by atoms with Crippen molar-refractivity contribution in [2.75, 3.05) is 19.5 Å². The summed E-state index contributed by atoms with van der Waals surface area (Å²) in [5, 5.41) is 13.6. The van der Waals surface area contributed by atoms with E-state index in [1.54, 1.807) is 43.5 Å². The first-order chi connectivity index (χ1) is 17.4. The number of methoxy groups -OCH3 is 2. The summed E-state index contributed by atoms with van der Waals surface area (Å²) >= 11 is 1.15. The first kappa shape index (κ1) is 24.8. The van der Waals surface area contributed by atoms with Crippen LogP contribution in [0.1, 0.15) is 12.2 Å². The van der Waals surface area contributed by atoms with Crippen LogP contribution in [0.15, 0.2) is 70.3 Å². The smallest absolute Gasteiger partial charge is 0.296 e. The van der Waals surface area contributed by atoms with Crippen LogP contribution in [-0.2, 0) is 16.1 Å². The molecule has 1 aromatic heterocycles. The molecule has 1 aliphatic rings. The third kappa shape index (κ3) is 5.66. The van der Waals surface area contributed by atoms with E-state index in [2.05, 4.69) is 10.3 Å².